The van der Waals surface area contributed by atoms with Crippen LogP contribution in [0.15, 0.2) is 33.6 Å². The predicted octanol–water partition coefficient (Wildman–Crippen LogP) is 0.932. The predicted molar refractivity (Wildman–Crippen MR) is 65.9 cm³/mol. The van der Waals surface area contributed by atoms with Gasteiger partial charge in [0.25, 0.3) is 0 Å². The molecule has 16 heavy (non-hydrogen) atoms. The molecule has 0 bridgehead atoms. The van der Waals surface area contributed by atoms with Gasteiger partial charge >= 0.3 is 0 Å². The lowest BCUT2D eigenvalue weighted by atomic mass is 10.3. The maximum Gasteiger partial charge on any atom is 0.179 e. The summed E-state index contributed by atoms with van der Waals surface area (Å²) in [7, 11) is -3.37. The number of benzene rings is 1. The first-order chi connectivity index (χ1) is 7.45. The van der Waals surface area contributed by atoms with E-state index in [4.69, 9.17) is 10.8 Å². The number of aliphatic hydroxyl groups is 1. The van der Waals surface area contributed by atoms with E-state index in [0.717, 1.165) is 0 Å². The van der Waals surface area contributed by atoms with Gasteiger partial charge in [-0.2, -0.15) is 0 Å². The van der Waals surface area contributed by atoms with Crippen molar-refractivity contribution in [1.82, 2.24) is 0 Å². The molecule has 1 rings (SSSR count). The molecule has 0 heterocycles. The van der Waals surface area contributed by atoms with Crippen LogP contribution in [0.2, 0.25) is 0 Å². The normalized spacial score (nSPS) is 13.7. The van der Waals surface area contributed by atoms with Gasteiger partial charge in [0.15, 0.2) is 9.84 Å². The molecule has 1 aromatic carbocycles. The summed E-state index contributed by atoms with van der Waals surface area (Å²) in [6.07, 6.45) is 0.285. The largest absolute Gasteiger partial charge is 0.396 e. The molecule has 1 atom stereocenters. The van der Waals surface area contributed by atoms with Gasteiger partial charge in [0, 0.05) is 17.1 Å². The van der Waals surface area contributed by atoms with Crippen molar-refractivity contribution in [2.75, 3.05) is 12.4 Å². The maximum atomic E-state index is 11.9. The van der Waals surface area contributed by atoms with E-state index in [2.05, 4.69) is 15.9 Å². The van der Waals surface area contributed by atoms with Crippen LogP contribution in [-0.4, -0.2) is 31.9 Å². The maximum absolute atomic E-state index is 11.9. The van der Waals surface area contributed by atoms with Crippen molar-refractivity contribution in [3.63, 3.8) is 0 Å². The molecule has 6 heteroatoms. The van der Waals surface area contributed by atoms with Crippen LogP contribution in [-0.2, 0) is 9.84 Å². The van der Waals surface area contributed by atoms with E-state index in [1.807, 2.05) is 0 Å². The number of nitrogens with two attached hydrogens (primary N) is 1. The Morgan fingerprint density at radius 2 is 2.12 bits per heavy atom. The Morgan fingerprint density at radius 3 is 2.69 bits per heavy atom. The molecule has 1 unspecified atom stereocenters. The third-order valence-corrected chi connectivity index (χ3v) is 4.42. The molecule has 0 aliphatic heterocycles. The number of rotatable bonds is 5. The molecule has 0 saturated heterocycles. The Morgan fingerprint density at radius 1 is 1.44 bits per heavy atom. The molecule has 0 aliphatic rings. The standard InChI is InChI=1S/C10H14BrNO3S/c11-8-2-1-3-10(6-8)16(14,15)7-9(12)4-5-13/h1-3,6,9,13H,4-5,7,12H2. The third kappa shape index (κ3) is 3.86. The minimum atomic E-state index is -3.37. The average Bonchev–Trinajstić information content (AvgIpc) is 2.17. The van der Waals surface area contributed by atoms with E-state index < -0.39 is 15.9 Å². The topological polar surface area (TPSA) is 80.4 Å². The monoisotopic (exact) mass is 307 g/mol. The van der Waals surface area contributed by atoms with Gasteiger partial charge in [-0.3, -0.25) is 0 Å². The minimum Gasteiger partial charge on any atom is -0.396 e. The Bertz CT molecular complexity index is 447. The van der Waals surface area contributed by atoms with Crippen molar-refractivity contribution in [1.29, 1.82) is 0 Å². The molecule has 4 nitrogen and oxygen atoms in total. The zero-order valence-electron chi connectivity index (χ0n) is 8.64. The van der Waals surface area contributed by atoms with Gasteiger partial charge in [-0.1, -0.05) is 22.0 Å². The molecule has 0 radical (unpaired) electrons. The molecule has 0 aromatic heterocycles. The summed E-state index contributed by atoms with van der Waals surface area (Å²) in [5.74, 6) is -0.149. The van der Waals surface area contributed by atoms with Gasteiger partial charge in [-0.15, -0.1) is 0 Å². The Kier molecular flexibility index (Phi) is 4.91. The molecule has 0 fully saturated rings. The summed E-state index contributed by atoms with van der Waals surface area (Å²) in [5.41, 5.74) is 5.59. The number of aliphatic hydroxyl groups excluding tert-OH is 1. The molecule has 0 spiro atoms. The van der Waals surface area contributed by atoms with Crippen molar-refractivity contribution in [2.24, 2.45) is 5.73 Å². The van der Waals surface area contributed by atoms with Crippen LogP contribution in [0.25, 0.3) is 0 Å². The summed E-state index contributed by atoms with van der Waals surface area (Å²) >= 11 is 3.22. The van der Waals surface area contributed by atoms with E-state index in [0.29, 0.717) is 4.47 Å². The Balaban J connectivity index is 2.86. The molecule has 1 aromatic rings. The van der Waals surface area contributed by atoms with Crippen molar-refractivity contribution in [3.8, 4) is 0 Å². The fourth-order valence-corrected chi connectivity index (χ4v) is 3.35. The summed E-state index contributed by atoms with van der Waals surface area (Å²) in [6, 6.07) is 5.96. The van der Waals surface area contributed by atoms with Crippen molar-refractivity contribution >= 4 is 25.8 Å². The molecule has 0 aliphatic carbocycles. The number of halogens is 1. The van der Waals surface area contributed by atoms with E-state index >= 15 is 0 Å². The first-order valence-electron chi connectivity index (χ1n) is 4.80. The molecule has 0 amide bonds. The highest BCUT2D eigenvalue weighted by molar-refractivity contribution is 9.10. The van der Waals surface area contributed by atoms with Crippen molar-refractivity contribution in [3.05, 3.63) is 28.7 Å². The second-order valence-corrected chi connectivity index (χ2v) is 6.46. The minimum absolute atomic E-state index is 0.102. The first-order valence-corrected chi connectivity index (χ1v) is 7.25. The fourth-order valence-electron chi connectivity index (χ4n) is 1.29. The summed E-state index contributed by atoms with van der Waals surface area (Å²) in [5, 5.41) is 8.67. The van der Waals surface area contributed by atoms with Gasteiger partial charge in [-0.25, -0.2) is 8.42 Å². The summed E-state index contributed by atoms with van der Waals surface area (Å²) in [6.45, 7) is -0.102. The second-order valence-electron chi connectivity index (χ2n) is 3.51. The highest BCUT2D eigenvalue weighted by Gasteiger charge is 2.18. The Labute approximate surface area is 104 Å². The molecule has 90 valence electrons. The summed E-state index contributed by atoms with van der Waals surface area (Å²) < 4.78 is 24.5. The number of hydrogen-bond acceptors (Lipinski definition) is 4. The van der Waals surface area contributed by atoms with Crippen molar-refractivity contribution in [2.45, 2.75) is 17.4 Å². The smallest absolute Gasteiger partial charge is 0.179 e. The van der Waals surface area contributed by atoms with Gasteiger partial charge in [0.2, 0.25) is 0 Å². The zero-order chi connectivity index (χ0) is 12.2. The molecule has 3 N–H and O–H groups in total. The second kappa shape index (κ2) is 5.77. The van der Waals surface area contributed by atoms with E-state index in [-0.39, 0.29) is 23.7 Å². The lowest BCUT2D eigenvalue weighted by Crippen LogP contribution is -2.30. The van der Waals surface area contributed by atoms with Crippen LogP contribution in [0.3, 0.4) is 0 Å². The van der Waals surface area contributed by atoms with Crippen LogP contribution < -0.4 is 5.73 Å². The number of hydrogen-bond donors (Lipinski definition) is 2. The summed E-state index contributed by atoms with van der Waals surface area (Å²) in [4.78, 5) is 0.246. The zero-order valence-corrected chi connectivity index (χ0v) is 11.0. The average molecular weight is 308 g/mol. The highest BCUT2D eigenvalue weighted by Crippen LogP contribution is 2.17. The van der Waals surface area contributed by atoms with E-state index in [1.165, 1.54) is 6.07 Å². The third-order valence-electron chi connectivity index (χ3n) is 2.09. The highest BCUT2D eigenvalue weighted by atomic mass is 79.9. The van der Waals surface area contributed by atoms with Crippen LogP contribution in [0.1, 0.15) is 6.42 Å². The quantitative estimate of drug-likeness (QED) is 0.848. The lowest BCUT2D eigenvalue weighted by molar-refractivity contribution is 0.279. The van der Waals surface area contributed by atoms with Crippen LogP contribution in [0.4, 0.5) is 0 Å². The first kappa shape index (κ1) is 13.6. The fraction of sp³-hybridized carbons (Fsp3) is 0.400. The molecule has 0 saturated carbocycles. The van der Waals surface area contributed by atoms with Crippen LogP contribution in [0, 0.1) is 0 Å². The SMILES string of the molecule is NC(CCO)CS(=O)(=O)c1cccc(Br)c1. The van der Waals surface area contributed by atoms with Crippen molar-refractivity contribution < 1.29 is 13.5 Å². The number of sulfone groups is 1. The molecular formula is C10H14BrNO3S. The lowest BCUT2D eigenvalue weighted by Gasteiger charge is -2.10. The van der Waals surface area contributed by atoms with Gasteiger partial charge in [-0.05, 0) is 24.6 Å². The van der Waals surface area contributed by atoms with Gasteiger partial charge in [0.1, 0.15) is 0 Å². The van der Waals surface area contributed by atoms with Crippen LogP contribution >= 0.6 is 15.9 Å². The Hall–Kier alpha value is -0.430. The molecular weight excluding hydrogens is 294 g/mol. The van der Waals surface area contributed by atoms with Gasteiger partial charge < -0.3 is 10.8 Å². The van der Waals surface area contributed by atoms with E-state index in [1.54, 1.807) is 18.2 Å². The van der Waals surface area contributed by atoms with Crippen LogP contribution in [0.5, 0.6) is 0 Å². The van der Waals surface area contributed by atoms with Gasteiger partial charge in [0.05, 0.1) is 10.6 Å². The van der Waals surface area contributed by atoms with E-state index in [9.17, 15) is 8.42 Å².